The quantitative estimate of drug-likeness (QED) is 0.585. The van der Waals surface area contributed by atoms with Gasteiger partial charge in [0.05, 0.1) is 6.61 Å². The first kappa shape index (κ1) is 11.6. The van der Waals surface area contributed by atoms with Crippen molar-refractivity contribution in [3.05, 3.63) is 42.0 Å². The highest BCUT2D eigenvalue weighted by Crippen LogP contribution is 2.26. The van der Waals surface area contributed by atoms with Crippen LogP contribution in [0.15, 0.2) is 36.4 Å². The van der Waals surface area contributed by atoms with Gasteiger partial charge in [0.1, 0.15) is 18.6 Å². The van der Waals surface area contributed by atoms with Gasteiger partial charge in [0.15, 0.2) is 0 Å². The normalized spacial score (nSPS) is 10.4. The fourth-order valence-electron chi connectivity index (χ4n) is 1.72. The number of carbonyl (C=O) groups is 1. The molecule has 0 amide bonds. The van der Waals surface area contributed by atoms with Gasteiger partial charge in [-0.3, -0.25) is 4.79 Å². The van der Waals surface area contributed by atoms with E-state index in [1.807, 2.05) is 30.3 Å². The molecule has 17 heavy (non-hydrogen) atoms. The number of hydrogen-bond donors (Lipinski definition) is 0. The third kappa shape index (κ3) is 2.63. The van der Waals surface area contributed by atoms with Crippen LogP contribution in [0, 0.1) is 0 Å². The van der Waals surface area contributed by atoms with E-state index in [0.717, 1.165) is 22.8 Å². The highest BCUT2D eigenvalue weighted by molar-refractivity contribution is 5.93. The van der Waals surface area contributed by atoms with Crippen LogP contribution in [0.5, 0.6) is 5.75 Å². The Hall–Kier alpha value is -1.87. The van der Waals surface area contributed by atoms with E-state index in [9.17, 15) is 4.79 Å². The molecule has 0 N–H and O–H groups in total. The van der Waals surface area contributed by atoms with Gasteiger partial charge >= 0.3 is 0 Å². The minimum Gasteiger partial charge on any atom is -0.491 e. The van der Waals surface area contributed by atoms with Gasteiger partial charge in [0, 0.05) is 18.1 Å². The molecule has 0 atom stereocenters. The van der Waals surface area contributed by atoms with Crippen molar-refractivity contribution in [2.45, 2.75) is 0 Å². The van der Waals surface area contributed by atoms with Crippen LogP contribution in [0.2, 0.25) is 0 Å². The molecule has 0 radical (unpaired) electrons. The van der Waals surface area contributed by atoms with Crippen LogP contribution in [-0.2, 0) is 4.74 Å². The zero-order valence-electron chi connectivity index (χ0n) is 9.68. The van der Waals surface area contributed by atoms with Crippen LogP contribution < -0.4 is 4.74 Å². The summed E-state index contributed by atoms with van der Waals surface area (Å²) in [5.74, 6) is 0.724. The van der Waals surface area contributed by atoms with Crippen molar-refractivity contribution in [3.63, 3.8) is 0 Å². The number of fused-ring (bicyclic) bond motifs is 1. The zero-order chi connectivity index (χ0) is 12.1. The van der Waals surface area contributed by atoms with Crippen LogP contribution in [0.4, 0.5) is 0 Å². The Balaban J connectivity index is 2.40. The molecule has 0 fully saturated rings. The Morgan fingerprint density at radius 1 is 1.18 bits per heavy atom. The lowest BCUT2D eigenvalue weighted by atomic mass is 10.1. The van der Waals surface area contributed by atoms with E-state index in [-0.39, 0.29) is 0 Å². The molecule has 0 unspecified atom stereocenters. The summed E-state index contributed by atoms with van der Waals surface area (Å²) in [6.45, 7) is 1.00. The number of ether oxygens (including phenoxy) is 2. The highest BCUT2D eigenvalue weighted by Gasteiger charge is 2.04. The minimum atomic E-state index is 0.475. The van der Waals surface area contributed by atoms with E-state index in [1.165, 1.54) is 0 Å². The molecular formula is C14H14O3. The maximum Gasteiger partial charge on any atom is 0.150 e. The van der Waals surface area contributed by atoms with E-state index in [2.05, 4.69) is 0 Å². The molecule has 0 aliphatic heterocycles. The third-order valence-electron chi connectivity index (χ3n) is 2.53. The summed E-state index contributed by atoms with van der Waals surface area (Å²) >= 11 is 0. The summed E-state index contributed by atoms with van der Waals surface area (Å²) in [5.41, 5.74) is 0.621. The lowest BCUT2D eigenvalue weighted by Crippen LogP contribution is -2.04. The lowest BCUT2D eigenvalue weighted by Gasteiger charge is -2.09. The second-order valence-corrected chi connectivity index (χ2v) is 3.70. The minimum absolute atomic E-state index is 0.475. The molecule has 0 heterocycles. The molecular weight excluding hydrogens is 216 g/mol. The highest BCUT2D eigenvalue weighted by atomic mass is 16.5. The maximum atomic E-state index is 10.9. The van der Waals surface area contributed by atoms with Gasteiger partial charge in [-0.2, -0.15) is 0 Å². The average molecular weight is 230 g/mol. The number of carbonyl (C=O) groups excluding carboxylic acids is 1. The Morgan fingerprint density at radius 2 is 2.00 bits per heavy atom. The van der Waals surface area contributed by atoms with Crippen molar-refractivity contribution in [1.29, 1.82) is 0 Å². The Morgan fingerprint density at radius 3 is 2.76 bits per heavy atom. The predicted octanol–water partition coefficient (Wildman–Crippen LogP) is 2.68. The zero-order valence-corrected chi connectivity index (χ0v) is 9.68. The van der Waals surface area contributed by atoms with Crippen LogP contribution in [0.3, 0.4) is 0 Å². The summed E-state index contributed by atoms with van der Waals surface area (Å²) in [5, 5.41) is 2.01. The first-order chi connectivity index (χ1) is 8.35. The first-order valence-electron chi connectivity index (χ1n) is 5.45. The first-order valence-corrected chi connectivity index (χ1v) is 5.45. The molecule has 0 bridgehead atoms. The van der Waals surface area contributed by atoms with Crippen molar-refractivity contribution in [3.8, 4) is 5.75 Å². The molecule has 2 aromatic carbocycles. The van der Waals surface area contributed by atoms with E-state index < -0.39 is 0 Å². The Kier molecular flexibility index (Phi) is 3.73. The molecule has 2 rings (SSSR count). The van der Waals surface area contributed by atoms with Crippen LogP contribution >= 0.6 is 0 Å². The van der Waals surface area contributed by atoms with Gasteiger partial charge in [-0.25, -0.2) is 0 Å². The molecule has 88 valence electrons. The molecule has 0 saturated heterocycles. The molecule has 0 aliphatic rings. The average Bonchev–Trinajstić information content (AvgIpc) is 2.38. The molecule has 3 nitrogen and oxygen atoms in total. The van der Waals surface area contributed by atoms with E-state index in [4.69, 9.17) is 9.47 Å². The van der Waals surface area contributed by atoms with E-state index in [0.29, 0.717) is 18.8 Å². The summed E-state index contributed by atoms with van der Waals surface area (Å²) < 4.78 is 10.6. The lowest BCUT2D eigenvalue weighted by molar-refractivity contribution is 0.112. The van der Waals surface area contributed by atoms with E-state index >= 15 is 0 Å². The van der Waals surface area contributed by atoms with Crippen LogP contribution in [-0.4, -0.2) is 26.6 Å². The number of aldehydes is 1. The summed E-state index contributed by atoms with van der Waals surface area (Å²) in [6.07, 6.45) is 0.829. The number of methoxy groups -OCH3 is 1. The molecule has 2 aromatic rings. The van der Waals surface area contributed by atoms with Gasteiger partial charge in [0.2, 0.25) is 0 Å². The second kappa shape index (κ2) is 5.46. The summed E-state index contributed by atoms with van der Waals surface area (Å²) in [4.78, 5) is 10.9. The van der Waals surface area contributed by atoms with Crippen molar-refractivity contribution in [2.75, 3.05) is 20.3 Å². The second-order valence-electron chi connectivity index (χ2n) is 3.70. The van der Waals surface area contributed by atoms with Crippen LogP contribution in [0.25, 0.3) is 10.8 Å². The maximum absolute atomic E-state index is 10.9. The van der Waals surface area contributed by atoms with Crippen molar-refractivity contribution in [2.24, 2.45) is 0 Å². The Bertz CT molecular complexity index is 520. The summed E-state index contributed by atoms with van der Waals surface area (Å²) in [7, 11) is 1.63. The predicted molar refractivity (Wildman–Crippen MR) is 66.7 cm³/mol. The van der Waals surface area contributed by atoms with Crippen molar-refractivity contribution >= 4 is 17.1 Å². The van der Waals surface area contributed by atoms with Gasteiger partial charge in [0.25, 0.3) is 0 Å². The summed E-state index contributed by atoms with van der Waals surface area (Å²) in [6, 6.07) is 11.4. The van der Waals surface area contributed by atoms with Crippen LogP contribution in [0.1, 0.15) is 10.4 Å². The molecule has 0 spiro atoms. The molecule has 0 aromatic heterocycles. The number of hydrogen-bond acceptors (Lipinski definition) is 3. The van der Waals surface area contributed by atoms with Gasteiger partial charge in [-0.05, 0) is 17.5 Å². The van der Waals surface area contributed by atoms with E-state index in [1.54, 1.807) is 13.2 Å². The standard InChI is InChI=1S/C14H14O3/c1-16-6-7-17-14-9-11(10-15)8-12-4-2-3-5-13(12)14/h2-5,8-10H,6-7H2,1H3. The monoisotopic (exact) mass is 230 g/mol. The topological polar surface area (TPSA) is 35.5 Å². The fraction of sp³-hybridized carbons (Fsp3) is 0.214. The fourth-order valence-corrected chi connectivity index (χ4v) is 1.72. The van der Waals surface area contributed by atoms with Gasteiger partial charge in [-0.15, -0.1) is 0 Å². The largest absolute Gasteiger partial charge is 0.491 e. The third-order valence-corrected chi connectivity index (χ3v) is 2.53. The number of benzene rings is 2. The van der Waals surface area contributed by atoms with Gasteiger partial charge < -0.3 is 9.47 Å². The molecule has 0 aliphatic carbocycles. The Labute approximate surface area is 100.0 Å². The molecule has 0 saturated carbocycles. The van der Waals surface area contributed by atoms with Gasteiger partial charge in [-0.1, -0.05) is 24.3 Å². The van der Waals surface area contributed by atoms with Crippen molar-refractivity contribution in [1.82, 2.24) is 0 Å². The smallest absolute Gasteiger partial charge is 0.150 e. The SMILES string of the molecule is COCCOc1cc(C=O)cc2ccccc12. The number of rotatable bonds is 5. The molecule has 3 heteroatoms. The van der Waals surface area contributed by atoms with Crippen molar-refractivity contribution < 1.29 is 14.3 Å².